The maximum atomic E-state index is 12.4. The normalized spacial score (nSPS) is 15.7. The number of non-ortho nitro benzene ring substituents is 1. The van der Waals surface area contributed by atoms with Gasteiger partial charge in [-0.15, -0.1) is 11.3 Å². The molecule has 1 aliphatic heterocycles. The maximum Gasteiger partial charge on any atom is 0.341 e. The highest BCUT2D eigenvalue weighted by molar-refractivity contribution is 7.17. The highest BCUT2D eigenvalue weighted by Gasteiger charge is 2.30. The van der Waals surface area contributed by atoms with Crippen molar-refractivity contribution in [3.63, 3.8) is 0 Å². The number of ether oxygens (including phenoxy) is 1. The van der Waals surface area contributed by atoms with E-state index >= 15 is 0 Å². The van der Waals surface area contributed by atoms with Crippen molar-refractivity contribution < 1.29 is 24.1 Å². The lowest BCUT2D eigenvalue weighted by molar-refractivity contribution is -0.913. The van der Waals surface area contributed by atoms with Crippen molar-refractivity contribution in [2.45, 2.75) is 19.9 Å². The summed E-state index contributed by atoms with van der Waals surface area (Å²) in [6, 6.07) is 5.88. The highest BCUT2D eigenvalue weighted by atomic mass is 32.1. The fourth-order valence-electron chi connectivity index (χ4n) is 3.28. The van der Waals surface area contributed by atoms with E-state index in [4.69, 9.17) is 4.74 Å². The molecule has 0 radical (unpaired) electrons. The number of thiophene rings is 1. The van der Waals surface area contributed by atoms with E-state index in [1.807, 2.05) is 0 Å². The quantitative estimate of drug-likeness (QED) is 0.325. The Bertz CT molecular complexity index is 965. The molecule has 152 valence electrons. The second-order valence-corrected chi connectivity index (χ2v) is 7.76. The van der Waals surface area contributed by atoms with Gasteiger partial charge in [0.25, 0.3) is 5.69 Å². The SMILES string of the molecule is CC[NH+]1CCc2c(sc(NC(=O)/C=C\c3ccc([N+](=O)[O-])cc3)c2C(=O)OC)C1. The van der Waals surface area contributed by atoms with E-state index in [9.17, 15) is 19.7 Å². The van der Waals surface area contributed by atoms with Gasteiger partial charge in [0.05, 0.1) is 35.6 Å². The third kappa shape index (κ3) is 4.69. The number of anilines is 1. The summed E-state index contributed by atoms with van der Waals surface area (Å²) >= 11 is 1.42. The van der Waals surface area contributed by atoms with Gasteiger partial charge >= 0.3 is 5.97 Å². The minimum Gasteiger partial charge on any atom is -0.465 e. The van der Waals surface area contributed by atoms with E-state index in [1.165, 1.54) is 41.6 Å². The Hall–Kier alpha value is -3.04. The zero-order valence-electron chi connectivity index (χ0n) is 16.2. The van der Waals surface area contributed by atoms with Crippen LogP contribution < -0.4 is 10.2 Å². The lowest BCUT2D eigenvalue weighted by atomic mass is 10.0. The molecule has 2 N–H and O–H groups in total. The summed E-state index contributed by atoms with van der Waals surface area (Å²) in [5.41, 5.74) is 2.06. The lowest BCUT2D eigenvalue weighted by Gasteiger charge is -2.22. The van der Waals surface area contributed by atoms with E-state index < -0.39 is 10.9 Å². The number of likely N-dealkylation sites (N-methyl/N-ethyl adjacent to an activating group) is 1. The molecule has 2 heterocycles. The Morgan fingerprint density at radius 2 is 2.07 bits per heavy atom. The number of hydrogen-bond donors (Lipinski definition) is 2. The first-order valence-electron chi connectivity index (χ1n) is 9.22. The van der Waals surface area contributed by atoms with Crippen LogP contribution in [-0.2, 0) is 22.5 Å². The molecule has 2 aromatic rings. The van der Waals surface area contributed by atoms with Crippen LogP contribution in [0.25, 0.3) is 6.08 Å². The number of carbonyl (C=O) groups excluding carboxylic acids is 2. The number of rotatable bonds is 6. The molecule has 0 bridgehead atoms. The Balaban J connectivity index is 1.78. The fourth-order valence-corrected chi connectivity index (χ4v) is 4.59. The molecule has 1 unspecified atom stereocenters. The van der Waals surface area contributed by atoms with Crippen LogP contribution in [0.2, 0.25) is 0 Å². The summed E-state index contributed by atoms with van der Waals surface area (Å²) in [4.78, 5) is 37.5. The molecule has 3 rings (SSSR count). The first kappa shape index (κ1) is 20.7. The molecule has 0 saturated carbocycles. The molecule has 1 aromatic carbocycles. The standard InChI is InChI=1S/C20H21N3O5S/c1-3-22-11-10-15-16(12-22)29-19(18(15)20(25)28-2)21-17(24)9-6-13-4-7-14(8-5-13)23(26)27/h4-9H,3,10-12H2,1-2H3,(H,21,24)/p+1/b9-6-. The maximum absolute atomic E-state index is 12.4. The van der Waals surface area contributed by atoms with E-state index in [0.717, 1.165) is 36.5 Å². The van der Waals surface area contributed by atoms with Gasteiger partial charge < -0.3 is 15.0 Å². The Kier molecular flexibility index (Phi) is 6.40. The number of fused-ring (bicyclic) bond motifs is 1. The second kappa shape index (κ2) is 8.97. The van der Waals surface area contributed by atoms with Gasteiger partial charge in [-0.1, -0.05) is 0 Å². The van der Waals surface area contributed by atoms with Gasteiger partial charge in [0, 0.05) is 24.6 Å². The number of nitrogens with zero attached hydrogens (tertiary/aromatic N) is 1. The number of benzene rings is 1. The van der Waals surface area contributed by atoms with Crippen LogP contribution >= 0.6 is 11.3 Å². The van der Waals surface area contributed by atoms with Crippen molar-refractivity contribution in [2.24, 2.45) is 0 Å². The molecule has 1 atom stereocenters. The van der Waals surface area contributed by atoms with Gasteiger partial charge in [0.15, 0.2) is 0 Å². The van der Waals surface area contributed by atoms with Crippen LogP contribution in [-0.4, -0.2) is 37.0 Å². The molecule has 1 aliphatic rings. The molecule has 0 fully saturated rings. The van der Waals surface area contributed by atoms with Crippen molar-refractivity contribution in [3.8, 4) is 0 Å². The summed E-state index contributed by atoms with van der Waals surface area (Å²) in [6.07, 6.45) is 3.67. The zero-order valence-corrected chi connectivity index (χ0v) is 17.0. The summed E-state index contributed by atoms with van der Waals surface area (Å²) < 4.78 is 4.93. The second-order valence-electron chi connectivity index (χ2n) is 6.65. The van der Waals surface area contributed by atoms with Gasteiger partial charge in [0.2, 0.25) is 5.91 Å². The Morgan fingerprint density at radius 3 is 2.69 bits per heavy atom. The smallest absolute Gasteiger partial charge is 0.341 e. The monoisotopic (exact) mass is 416 g/mol. The molecular weight excluding hydrogens is 394 g/mol. The molecule has 8 nitrogen and oxygen atoms in total. The number of nitro groups is 1. The number of nitrogens with one attached hydrogen (secondary N) is 2. The Morgan fingerprint density at radius 1 is 1.34 bits per heavy atom. The minimum absolute atomic E-state index is 0.0123. The van der Waals surface area contributed by atoms with Gasteiger partial charge in [-0.25, -0.2) is 4.79 Å². The van der Waals surface area contributed by atoms with Crippen LogP contribution in [0.4, 0.5) is 10.7 Å². The summed E-state index contributed by atoms with van der Waals surface area (Å²) in [6.45, 7) is 4.90. The largest absolute Gasteiger partial charge is 0.465 e. The van der Waals surface area contributed by atoms with Crippen LogP contribution in [0.5, 0.6) is 0 Å². The number of esters is 1. The number of methoxy groups -OCH3 is 1. The van der Waals surface area contributed by atoms with Crippen molar-refractivity contribution in [3.05, 3.63) is 62.0 Å². The first-order valence-corrected chi connectivity index (χ1v) is 10.0. The van der Waals surface area contributed by atoms with Crippen LogP contribution in [0.3, 0.4) is 0 Å². The van der Waals surface area contributed by atoms with Crippen LogP contribution in [0.15, 0.2) is 30.3 Å². The Labute approximate surface area is 171 Å². The number of nitro benzene ring substituents is 1. The molecule has 9 heteroatoms. The molecule has 29 heavy (non-hydrogen) atoms. The lowest BCUT2D eigenvalue weighted by Crippen LogP contribution is -3.11. The number of carbonyl (C=O) groups is 2. The van der Waals surface area contributed by atoms with E-state index in [2.05, 4.69) is 12.2 Å². The zero-order chi connectivity index (χ0) is 21.0. The topological polar surface area (TPSA) is 103 Å². The molecular formula is C20H22N3O5S+. The average Bonchev–Trinajstić information content (AvgIpc) is 3.08. The van der Waals surface area contributed by atoms with Gasteiger partial charge in [-0.05, 0) is 36.3 Å². The highest BCUT2D eigenvalue weighted by Crippen LogP contribution is 2.35. The number of amides is 1. The molecule has 1 aromatic heterocycles. The first-order chi connectivity index (χ1) is 13.9. The van der Waals surface area contributed by atoms with Gasteiger partial charge in [-0.3, -0.25) is 14.9 Å². The predicted molar refractivity (Wildman–Crippen MR) is 110 cm³/mol. The van der Waals surface area contributed by atoms with E-state index in [-0.39, 0.29) is 11.6 Å². The minimum atomic E-state index is -0.478. The van der Waals surface area contributed by atoms with Crippen LogP contribution in [0.1, 0.15) is 33.3 Å². The number of quaternary nitrogens is 1. The summed E-state index contributed by atoms with van der Waals surface area (Å²) in [5.74, 6) is -0.830. The van der Waals surface area contributed by atoms with Crippen molar-refractivity contribution in [2.75, 3.05) is 25.5 Å². The predicted octanol–water partition coefficient (Wildman–Crippen LogP) is 2.06. The van der Waals surface area contributed by atoms with Crippen molar-refractivity contribution in [1.82, 2.24) is 0 Å². The van der Waals surface area contributed by atoms with E-state index in [1.54, 1.807) is 18.2 Å². The molecule has 1 amide bonds. The molecule has 0 spiro atoms. The van der Waals surface area contributed by atoms with Crippen molar-refractivity contribution in [1.29, 1.82) is 0 Å². The van der Waals surface area contributed by atoms with E-state index in [0.29, 0.717) is 16.1 Å². The fraction of sp³-hybridized carbons (Fsp3) is 0.300. The molecule has 0 saturated heterocycles. The third-order valence-corrected chi connectivity index (χ3v) is 6.03. The van der Waals surface area contributed by atoms with Crippen LogP contribution in [0, 0.1) is 10.1 Å². The van der Waals surface area contributed by atoms with Gasteiger partial charge in [0.1, 0.15) is 11.5 Å². The average molecular weight is 416 g/mol. The summed E-state index contributed by atoms with van der Waals surface area (Å²) in [5, 5.41) is 14.0. The van der Waals surface area contributed by atoms with Gasteiger partial charge in [-0.2, -0.15) is 0 Å². The molecule has 0 aliphatic carbocycles. The third-order valence-electron chi connectivity index (χ3n) is 4.89. The summed E-state index contributed by atoms with van der Waals surface area (Å²) in [7, 11) is 1.33. The van der Waals surface area contributed by atoms with Crippen molar-refractivity contribution >= 4 is 40.0 Å². The number of hydrogen-bond acceptors (Lipinski definition) is 6.